The molecule has 0 aliphatic heterocycles. The van der Waals surface area contributed by atoms with Crippen molar-refractivity contribution in [2.75, 3.05) is 0 Å². The van der Waals surface area contributed by atoms with Crippen LogP contribution in [0, 0.1) is 5.92 Å². The molecule has 0 nitrogen and oxygen atoms in total. The quantitative estimate of drug-likeness (QED) is 0.604. The molecular formula is C10H20S. The fourth-order valence-electron chi connectivity index (χ4n) is 2.20. The fraction of sp³-hybridized carbons (Fsp3) is 1.00. The summed E-state index contributed by atoms with van der Waals surface area (Å²) < 4.78 is 0.382. The molecule has 1 rings (SSSR count). The second kappa shape index (κ2) is 3.84. The van der Waals surface area contributed by atoms with Crippen LogP contribution < -0.4 is 0 Å². The molecule has 1 fully saturated rings. The van der Waals surface area contributed by atoms with Crippen LogP contribution in [-0.2, 0) is 0 Å². The molecule has 0 amide bonds. The van der Waals surface area contributed by atoms with E-state index < -0.39 is 0 Å². The van der Waals surface area contributed by atoms with E-state index in [4.69, 9.17) is 12.6 Å². The smallest absolute Gasteiger partial charge is 0.0155 e. The first-order chi connectivity index (χ1) is 5.19. The molecule has 0 spiro atoms. The van der Waals surface area contributed by atoms with Crippen molar-refractivity contribution in [3.05, 3.63) is 0 Å². The molecule has 11 heavy (non-hydrogen) atoms. The predicted octanol–water partition coefficient (Wildman–Crippen LogP) is 3.67. The third kappa shape index (κ3) is 2.14. The van der Waals surface area contributed by atoms with E-state index >= 15 is 0 Å². The topological polar surface area (TPSA) is 0 Å². The lowest BCUT2D eigenvalue weighted by molar-refractivity contribution is 0.279. The van der Waals surface area contributed by atoms with Gasteiger partial charge in [0.1, 0.15) is 0 Å². The normalized spacial score (nSPS) is 39.0. The van der Waals surface area contributed by atoms with Gasteiger partial charge >= 0.3 is 0 Å². The maximum absolute atomic E-state index is 4.82. The summed E-state index contributed by atoms with van der Waals surface area (Å²) in [5, 5.41) is 0. The molecule has 66 valence electrons. The van der Waals surface area contributed by atoms with Gasteiger partial charge in [-0.2, -0.15) is 12.6 Å². The molecule has 2 atom stereocenters. The van der Waals surface area contributed by atoms with Crippen LogP contribution in [0.2, 0.25) is 0 Å². The molecule has 2 unspecified atom stereocenters. The van der Waals surface area contributed by atoms with Gasteiger partial charge < -0.3 is 0 Å². The molecule has 0 heterocycles. The van der Waals surface area contributed by atoms with Crippen LogP contribution in [0.3, 0.4) is 0 Å². The Bertz CT molecular complexity index is 118. The Hall–Kier alpha value is 0.350. The third-order valence-corrected chi connectivity index (χ3v) is 3.99. The molecule has 1 saturated carbocycles. The lowest BCUT2D eigenvalue weighted by Crippen LogP contribution is -2.33. The van der Waals surface area contributed by atoms with Crippen molar-refractivity contribution in [2.45, 2.75) is 57.1 Å². The molecular weight excluding hydrogens is 152 g/mol. The predicted molar refractivity (Wildman–Crippen MR) is 54.3 cm³/mol. The highest BCUT2D eigenvalue weighted by atomic mass is 32.1. The van der Waals surface area contributed by atoms with E-state index in [2.05, 4.69) is 13.8 Å². The van der Waals surface area contributed by atoms with Gasteiger partial charge in [0.2, 0.25) is 0 Å². The van der Waals surface area contributed by atoms with Gasteiger partial charge in [0.15, 0.2) is 0 Å². The third-order valence-electron chi connectivity index (χ3n) is 3.10. The first-order valence-corrected chi connectivity index (χ1v) is 5.36. The Kier molecular flexibility index (Phi) is 3.29. The van der Waals surface area contributed by atoms with Crippen molar-refractivity contribution in [3.63, 3.8) is 0 Å². The van der Waals surface area contributed by atoms with Crippen LogP contribution in [0.5, 0.6) is 0 Å². The van der Waals surface area contributed by atoms with Crippen LogP contribution in [0.25, 0.3) is 0 Å². The van der Waals surface area contributed by atoms with Crippen LogP contribution in [0.1, 0.15) is 52.4 Å². The summed E-state index contributed by atoms with van der Waals surface area (Å²) in [5.41, 5.74) is 0. The van der Waals surface area contributed by atoms with E-state index in [0.717, 1.165) is 5.92 Å². The van der Waals surface area contributed by atoms with Gasteiger partial charge in [0.05, 0.1) is 0 Å². The lowest BCUT2D eigenvalue weighted by atomic mass is 9.77. The van der Waals surface area contributed by atoms with Crippen LogP contribution >= 0.6 is 12.6 Å². The summed E-state index contributed by atoms with van der Waals surface area (Å²) in [5.74, 6) is 0.833. The van der Waals surface area contributed by atoms with E-state index in [0.29, 0.717) is 4.75 Å². The number of thiol groups is 1. The van der Waals surface area contributed by atoms with Crippen molar-refractivity contribution in [1.29, 1.82) is 0 Å². The Balaban J connectivity index is 2.49. The van der Waals surface area contributed by atoms with Gasteiger partial charge in [-0.3, -0.25) is 0 Å². The first-order valence-electron chi connectivity index (χ1n) is 4.91. The highest BCUT2D eigenvalue weighted by Crippen LogP contribution is 2.41. The Labute approximate surface area is 76.2 Å². The second-order valence-corrected chi connectivity index (χ2v) is 4.89. The maximum Gasteiger partial charge on any atom is 0.0155 e. The average Bonchev–Trinajstić information content (AvgIpc) is 1.96. The van der Waals surface area contributed by atoms with Gasteiger partial charge in [-0.25, -0.2) is 0 Å². The molecule has 0 saturated heterocycles. The minimum absolute atomic E-state index is 0.382. The molecule has 0 aromatic heterocycles. The monoisotopic (exact) mass is 172 g/mol. The van der Waals surface area contributed by atoms with Gasteiger partial charge in [-0.15, -0.1) is 0 Å². The van der Waals surface area contributed by atoms with E-state index in [1.54, 1.807) is 0 Å². The zero-order chi connectivity index (χ0) is 8.32. The first kappa shape index (κ1) is 9.44. The Morgan fingerprint density at radius 3 is 2.73 bits per heavy atom. The van der Waals surface area contributed by atoms with Crippen LogP contribution in [0.4, 0.5) is 0 Å². The van der Waals surface area contributed by atoms with E-state index in [9.17, 15) is 0 Å². The summed E-state index contributed by atoms with van der Waals surface area (Å²) in [6.45, 7) is 4.63. The van der Waals surface area contributed by atoms with Gasteiger partial charge in [0.25, 0.3) is 0 Å². The SMILES string of the molecule is CCCC1(S)CCCCC1C. The van der Waals surface area contributed by atoms with Crippen LogP contribution in [-0.4, -0.2) is 4.75 Å². The molecule has 1 aliphatic carbocycles. The molecule has 0 bridgehead atoms. The molecule has 0 aromatic rings. The number of hydrogen-bond acceptors (Lipinski definition) is 1. The molecule has 0 aromatic carbocycles. The largest absolute Gasteiger partial charge is 0.172 e. The Morgan fingerprint density at radius 1 is 1.45 bits per heavy atom. The van der Waals surface area contributed by atoms with Crippen molar-refractivity contribution in [3.8, 4) is 0 Å². The zero-order valence-electron chi connectivity index (χ0n) is 7.77. The van der Waals surface area contributed by atoms with Gasteiger partial charge in [-0.1, -0.05) is 33.1 Å². The lowest BCUT2D eigenvalue weighted by Gasteiger charge is -2.38. The molecule has 1 heteroatoms. The van der Waals surface area contributed by atoms with Crippen molar-refractivity contribution >= 4 is 12.6 Å². The zero-order valence-corrected chi connectivity index (χ0v) is 8.66. The number of rotatable bonds is 2. The fourth-order valence-corrected chi connectivity index (χ4v) is 2.71. The number of hydrogen-bond donors (Lipinski definition) is 1. The summed E-state index contributed by atoms with van der Waals surface area (Å²) in [6.07, 6.45) is 8.14. The summed E-state index contributed by atoms with van der Waals surface area (Å²) in [6, 6.07) is 0. The van der Waals surface area contributed by atoms with E-state index in [-0.39, 0.29) is 0 Å². The van der Waals surface area contributed by atoms with Gasteiger partial charge in [0, 0.05) is 4.75 Å². The highest BCUT2D eigenvalue weighted by Gasteiger charge is 2.33. The molecule has 0 N–H and O–H groups in total. The van der Waals surface area contributed by atoms with E-state index in [1.165, 1.54) is 38.5 Å². The minimum Gasteiger partial charge on any atom is -0.172 e. The maximum atomic E-state index is 4.82. The van der Waals surface area contributed by atoms with Crippen LogP contribution in [0.15, 0.2) is 0 Å². The molecule has 0 radical (unpaired) electrons. The standard InChI is InChI=1S/C10H20S/c1-3-7-10(11)8-5-4-6-9(10)2/h9,11H,3-8H2,1-2H3. The molecule has 1 aliphatic rings. The summed E-state index contributed by atoms with van der Waals surface area (Å²) in [7, 11) is 0. The summed E-state index contributed by atoms with van der Waals surface area (Å²) >= 11 is 4.82. The van der Waals surface area contributed by atoms with Crippen molar-refractivity contribution in [1.82, 2.24) is 0 Å². The van der Waals surface area contributed by atoms with Crippen molar-refractivity contribution in [2.24, 2.45) is 5.92 Å². The minimum atomic E-state index is 0.382. The Morgan fingerprint density at radius 2 is 2.18 bits per heavy atom. The second-order valence-electron chi connectivity index (χ2n) is 4.00. The van der Waals surface area contributed by atoms with E-state index in [1.807, 2.05) is 0 Å². The average molecular weight is 172 g/mol. The van der Waals surface area contributed by atoms with Crippen molar-refractivity contribution < 1.29 is 0 Å². The highest BCUT2D eigenvalue weighted by molar-refractivity contribution is 7.81. The van der Waals surface area contributed by atoms with Gasteiger partial charge in [-0.05, 0) is 25.2 Å². The summed E-state index contributed by atoms with van der Waals surface area (Å²) in [4.78, 5) is 0.